The number of quaternary nitrogens is 1. The lowest BCUT2D eigenvalue weighted by Crippen LogP contribution is -3.14. The highest BCUT2D eigenvalue weighted by Gasteiger charge is 2.18. The number of thiocarbonyl (C=S) groups is 1. The Morgan fingerprint density at radius 1 is 1.08 bits per heavy atom. The average molecular weight is 420 g/mol. The van der Waals surface area contributed by atoms with Gasteiger partial charge in [-0.15, -0.1) is 0 Å². The number of hydrogen-bond acceptors (Lipinski definition) is 2. The first-order valence-electron chi connectivity index (χ1n) is 8.66. The van der Waals surface area contributed by atoms with Crippen molar-refractivity contribution < 1.29 is 4.90 Å². The summed E-state index contributed by atoms with van der Waals surface area (Å²) in [6.45, 7) is 8.17. The van der Waals surface area contributed by atoms with Crippen molar-refractivity contribution in [2.24, 2.45) is 0 Å². The number of rotatable bonds is 4. The maximum atomic E-state index is 5.39. The van der Waals surface area contributed by atoms with Crippen molar-refractivity contribution >= 4 is 50.3 Å². The fourth-order valence-electron chi connectivity index (χ4n) is 3.05. The van der Waals surface area contributed by atoms with Gasteiger partial charge in [-0.3, -0.25) is 0 Å². The van der Waals surface area contributed by atoms with E-state index in [4.69, 9.17) is 12.2 Å². The number of piperazine rings is 1. The minimum absolute atomic E-state index is 0.589. The highest BCUT2D eigenvalue weighted by Crippen LogP contribution is 2.19. The van der Waals surface area contributed by atoms with E-state index in [0.29, 0.717) is 5.11 Å². The van der Waals surface area contributed by atoms with Gasteiger partial charge in [0, 0.05) is 21.5 Å². The lowest BCUT2D eigenvalue weighted by Gasteiger charge is -2.33. The van der Waals surface area contributed by atoms with Gasteiger partial charge in [0.05, 0.1) is 32.7 Å². The molecule has 3 N–H and O–H groups in total. The summed E-state index contributed by atoms with van der Waals surface area (Å²) in [5.74, 6) is 0. The summed E-state index contributed by atoms with van der Waals surface area (Å²) >= 11 is 8.86. The number of benzene rings is 2. The second-order valence-electron chi connectivity index (χ2n) is 6.23. The molecule has 132 valence electrons. The van der Waals surface area contributed by atoms with E-state index in [9.17, 15) is 0 Å². The van der Waals surface area contributed by atoms with Crippen molar-refractivity contribution in [2.75, 3.05) is 48.3 Å². The maximum Gasteiger partial charge on any atom is 0.175 e. The van der Waals surface area contributed by atoms with Crippen LogP contribution in [0.3, 0.4) is 0 Å². The van der Waals surface area contributed by atoms with Gasteiger partial charge < -0.3 is 20.4 Å². The van der Waals surface area contributed by atoms with Crippen LogP contribution in [0.25, 0.3) is 0 Å². The molecule has 2 aromatic rings. The van der Waals surface area contributed by atoms with E-state index in [1.165, 1.54) is 25.3 Å². The van der Waals surface area contributed by atoms with Gasteiger partial charge in [-0.2, -0.15) is 0 Å². The molecule has 1 aliphatic heterocycles. The second-order valence-corrected chi connectivity index (χ2v) is 7.55. The molecule has 1 fully saturated rings. The Morgan fingerprint density at radius 2 is 1.76 bits per heavy atom. The maximum absolute atomic E-state index is 5.39. The quantitative estimate of drug-likeness (QED) is 0.665. The van der Waals surface area contributed by atoms with Crippen LogP contribution >= 0.6 is 28.1 Å². The van der Waals surface area contributed by atoms with Crippen LogP contribution in [0.15, 0.2) is 53.0 Å². The molecule has 0 spiro atoms. The Bertz CT molecular complexity index is 712. The summed E-state index contributed by atoms with van der Waals surface area (Å²) in [5.41, 5.74) is 3.24. The van der Waals surface area contributed by atoms with Crippen molar-refractivity contribution in [3.63, 3.8) is 0 Å². The zero-order chi connectivity index (χ0) is 17.6. The van der Waals surface area contributed by atoms with Gasteiger partial charge in [0.25, 0.3) is 0 Å². The summed E-state index contributed by atoms with van der Waals surface area (Å²) in [6.07, 6.45) is 0. The van der Waals surface area contributed by atoms with E-state index in [2.05, 4.69) is 62.7 Å². The number of likely N-dealkylation sites (N-methyl/N-ethyl adjacent to an activating group) is 1. The third kappa shape index (κ3) is 5.17. The molecule has 0 radical (unpaired) electrons. The molecular formula is C19H24BrN4S+. The van der Waals surface area contributed by atoms with Crippen LogP contribution in [0.4, 0.5) is 17.1 Å². The van der Waals surface area contributed by atoms with E-state index < -0.39 is 0 Å². The number of halogens is 1. The fraction of sp³-hybridized carbons (Fsp3) is 0.316. The molecule has 0 atom stereocenters. The van der Waals surface area contributed by atoms with Gasteiger partial charge in [0.1, 0.15) is 0 Å². The largest absolute Gasteiger partial charge is 0.360 e. The van der Waals surface area contributed by atoms with Crippen LogP contribution in [-0.2, 0) is 0 Å². The molecule has 0 bridgehead atoms. The highest BCUT2D eigenvalue weighted by molar-refractivity contribution is 9.10. The summed E-state index contributed by atoms with van der Waals surface area (Å²) < 4.78 is 1.02. The predicted octanol–water partition coefficient (Wildman–Crippen LogP) is 2.98. The van der Waals surface area contributed by atoms with E-state index in [0.717, 1.165) is 28.9 Å². The highest BCUT2D eigenvalue weighted by atomic mass is 79.9. The van der Waals surface area contributed by atoms with Gasteiger partial charge in [-0.25, -0.2) is 0 Å². The van der Waals surface area contributed by atoms with Crippen molar-refractivity contribution in [2.45, 2.75) is 6.92 Å². The lowest BCUT2D eigenvalue weighted by atomic mass is 10.2. The summed E-state index contributed by atoms with van der Waals surface area (Å²) in [6, 6.07) is 16.5. The summed E-state index contributed by atoms with van der Waals surface area (Å²) in [7, 11) is 0. The Labute approximate surface area is 163 Å². The van der Waals surface area contributed by atoms with Gasteiger partial charge in [-0.1, -0.05) is 22.0 Å². The monoisotopic (exact) mass is 419 g/mol. The molecular weight excluding hydrogens is 396 g/mol. The van der Waals surface area contributed by atoms with Crippen LogP contribution < -0.4 is 20.4 Å². The Kier molecular flexibility index (Phi) is 6.29. The fourth-order valence-corrected chi connectivity index (χ4v) is 3.68. The van der Waals surface area contributed by atoms with Crippen molar-refractivity contribution in [3.8, 4) is 0 Å². The molecule has 0 amide bonds. The molecule has 0 aliphatic carbocycles. The predicted molar refractivity (Wildman–Crippen MR) is 114 cm³/mol. The average Bonchev–Trinajstić information content (AvgIpc) is 2.62. The van der Waals surface area contributed by atoms with Gasteiger partial charge in [0.15, 0.2) is 5.11 Å². The van der Waals surface area contributed by atoms with Crippen molar-refractivity contribution in [1.29, 1.82) is 0 Å². The number of hydrogen-bond donors (Lipinski definition) is 3. The Hall–Kier alpha value is -1.63. The van der Waals surface area contributed by atoms with Crippen LogP contribution in [-0.4, -0.2) is 37.8 Å². The SMILES string of the molecule is CC[NH+]1CCN(c2ccc(NC(=S)Nc3cccc(Br)c3)cc2)CC1. The Morgan fingerprint density at radius 3 is 2.40 bits per heavy atom. The summed E-state index contributed by atoms with van der Waals surface area (Å²) in [4.78, 5) is 4.15. The van der Waals surface area contributed by atoms with Crippen LogP contribution in [0.5, 0.6) is 0 Å². The minimum Gasteiger partial charge on any atom is -0.360 e. The smallest absolute Gasteiger partial charge is 0.175 e. The number of anilines is 3. The number of nitrogens with zero attached hydrogens (tertiary/aromatic N) is 1. The molecule has 2 aromatic carbocycles. The molecule has 0 unspecified atom stereocenters. The van der Waals surface area contributed by atoms with E-state index in [1.807, 2.05) is 24.3 Å². The first-order chi connectivity index (χ1) is 12.1. The van der Waals surface area contributed by atoms with Crippen LogP contribution in [0.1, 0.15) is 6.92 Å². The van der Waals surface area contributed by atoms with E-state index in [1.54, 1.807) is 4.90 Å². The first kappa shape index (κ1) is 18.2. The first-order valence-corrected chi connectivity index (χ1v) is 9.86. The van der Waals surface area contributed by atoms with E-state index in [-0.39, 0.29) is 0 Å². The third-order valence-electron chi connectivity index (χ3n) is 4.54. The topological polar surface area (TPSA) is 31.7 Å². The van der Waals surface area contributed by atoms with Crippen LogP contribution in [0, 0.1) is 0 Å². The molecule has 6 heteroatoms. The normalized spacial score (nSPS) is 15.0. The van der Waals surface area contributed by atoms with Gasteiger partial charge >= 0.3 is 0 Å². The molecule has 0 aromatic heterocycles. The van der Waals surface area contributed by atoms with Gasteiger partial charge in [0.2, 0.25) is 0 Å². The zero-order valence-corrected chi connectivity index (χ0v) is 16.8. The van der Waals surface area contributed by atoms with Crippen molar-refractivity contribution in [3.05, 3.63) is 53.0 Å². The molecule has 0 saturated carbocycles. The summed E-state index contributed by atoms with van der Waals surface area (Å²) in [5, 5.41) is 7.03. The van der Waals surface area contributed by atoms with E-state index >= 15 is 0 Å². The lowest BCUT2D eigenvalue weighted by molar-refractivity contribution is -0.898. The third-order valence-corrected chi connectivity index (χ3v) is 5.24. The molecule has 25 heavy (non-hydrogen) atoms. The number of nitrogens with one attached hydrogen (secondary N) is 3. The molecule has 1 aliphatic rings. The molecule has 1 heterocycles. The second kappa shape index (κ2) is 8.65. The van der Waals surface area contributed by atoms with Crippen LogP contribution in [0.2, 0.25) is 0 Å². The van der Waals surface area contributed by atoms with Crippen molar-refractivity contribution in [1.82, 2.24) is 0 Å². The molecule has 1 saturated heterocycles. The molecule has 4 nitrogen and oxygen atoms in total. The van der Waals surface area contributed by atoms with Gasteiger partial charge in [-0.05, 0) is 61.6 Å². The Balaban J connectivity index is 1.54. The minimum atomic E-state index is 0.589. The zero-order valence-electron chi connectivity index (χ0n) is 14.4. The molecule has 3 rings (SSSR count). The standard InChI is InChI=1S/C19H23BrN4S/c1-2-23-10-12-24(13-11-23)18-8-6-16(7-9-18)21-19(25)22-17-5-3-4-15(20)14-17/h3-9,14H,2,10-13H2,1H3,(H2,21,22,25)/p+1.